The van der Waals surface area contributed by atoms with Crippen molar-refractivity contribution < 1.29 is 65.7 Å². The van der Waals surface area contributed by atoms with Crippen LogP contribution < -0.4 is 32.7 Å². The van der Waals surface area contributed by atoms with Gasteiger partial charge in [-0.1, -0.05) is 64.4 Å². The Morgan fingerprint density at radius 2 is 1.65 bits per heavy atom. The number of ether oxygens (including phenoxy) is 1. The number of piperidine rings is 1. The first-order valence-corrected chi connectivity index (χ1v) is 21.9. The van der Waals surface area contributed by atoms with Gasteiger partial charge in [-0.25, -0.2) is 8.98 Å². The molecule has 10 unspecified atom stereocenters. The lowest BCUT2D eigenvalue weighted by molar-refractivity contribution is -0.167. The third-order valence-electron chi connectivity index (χ3n) is 10.8. The van der Waals surface area contributed by atoms with Crippen LogP contribution in [0.4, 0.5) is 0 Å². The summed E-state index contributed by atoms with van der Waals surface area (Å²) in [5.41, 5.74) is 11.5. The number of aliphatic hydroxyl groups excluding tert-OH is 2. The summed E-state index contributed by atoms with van der Waals surface area (Å²) in [4.78, 5) is 105. The maximum Gasteiger partial charge on any atom is 0.397 e. The number of nitrogens with one attached hydrogen (secondary N) is 4. The molecule has 23 nitrogen and oxygen atoms in total. The smallest absolute Gasteiger partial charge is 0.397 e. The summed E-state index contributed by atoms with van der Waals surface area (Å²) in [7, 11) is -3.76. The van der Waals surface area contributed by atoms with E-state index in [1.54, 1.807) is 58.0 Å². The number of aliphatic hydroxyl groups is 2. The van der Waals surface area contributed by atoms with E-state index >= 15 is 0 Å². The van der Waals surface area contributed by atoms with Gasteiger partial charge in [0.15, 0.2) is 12.1 Å². The van der Waals surface area contributed by atoms with Gasteiger partial charge in [0, 0.05) is 20.0 Å². The van der Waals surface area contributed by atoms with Gasteiger partial charge < -0.3 is 57.5 Å². The van der Waals surface area contributed by atoms with Crippen molar-refractivity contribution in [3.05, 3.63) is 35.9 Å². The van der Waals surface area contributed by atoms with E-state index in [1.807, 2.05) is 0 Å². The summed E-state index contributed by atoms with van der Waals surface area (Å²) < 4.78 is 41.0. The number of fused-ring (bicyclic) bond motifs is 2. The number of amides is 6. The number of benzene rings is 1. The van der Waals surface area contributed by atoms with Crippen molar-refractivity contribution >= 4 is 57.8 Å². The van der Waals surface area contributed by atoms with E-state index in [0.29, 0.717) is 12.0 Å². The highest BCUT2D eigenvalue weighted by Crippen LogP contribution is 2.26. The number of nitrogens with zero attached hydrogens (tertiary/aromatic N) is 3. The molecule has 2 heterocycles. The molecule has 2 bridgehead atoms. The molecule has 11 N–H and O–H groups in total. The summed E-state index contributed by atoms with van der Waals surface area (Å²) >= 11 is 0. The number of guanidine groups is 1. The quantitative estimate of drug-likeness (QED) is 0.0299. The Morgan fingerprint density at radius 3 is 2.24 bits per heavy atom. The van der Waals surface area contributed by atoms with Crippen LogP contribution in [0.25, 0.3) is 0 Å². The average molecular weight is 912 g/mol. The first kappa shape index (κ1) is 51.9. The SMILES string of the molecule is CCC(C)C1NC(=O)C(Cc2ccccc2)N(C)C(=O)C(C(C)C)N2C(=O)C(CCC2O)NC(=O)C(CCCN=C(N)N)NC(=O)C(NC(=O)C(O)COS(=O)(=O)O)C(C)OC1=O. The minimum atomic E-state index is -5.12. The van der Waals surface area contributed by atoms with Crippen LogP contribution in [0.1, 0.15) is 72.3 Å². The number of aliphatic imine (C=N–C) groups is 1. The molecule has 0 spiro atoms. The van der Waals surface area contributed by atoms with Crippen LogP contribution >= 0.6 is 0 Å². The van der Waals surface area contributed by atoms with E-state index in [0.717, 1.165) is 9.80 Å². The summed E-state index contributed by atoms with van der Waals surface area (Å²) in [6.45, 7) is 6.54. The zero-order valence-corrected chi connectivity index (χ0v) is 36.9. The molecule has 2 saturated heterocycles. The predicted molar refractivity (Wildman–Crippen MR) is 224 cm³/mol. The Balaban J connectivity index is 2.22. The molecule has 24 heteroatoms. The number of carbonyl (C=O) groups excluding carboxylic acids is 7. The summed E-state index contributed by atoms with van der Waals surface area (Å²) in [5, 5.41) is 31.6. The molecule has 0 saturated carbocycles. The van der Waals surface area contributed by atoms with Gasteiger partial charge in [0.1, 0.15) is 55.2 Å². The van der Waals surface area contributed by atoms with Gasteiger partial charge in [-0.3, -0.25) is 38.3 Å². The molecule has 6 amide bonds. The first-order chi connectivity index (χ1) is 29.5. The Bertz CT molecular complexity index is 1930. The van der Waals surface area contributed by atoms with Crippen molar-refractivity contribution in [1.82, 2.24) is 31.1 Å². The van der Waals surface area contributed by atoms with E-state index in [1.165, 1.54) is 14.0 Å². The van der Waals surface area contributed by atoms with Crippen LogP contribution in [-0.2, 0) is 59.3 Å². The molecular weight excluding hydrogens is 851 g/mol. The number of rotatable bonds is 14. The number of likely N-dealkylation sites (N-methyl/N-ethyl adjacent to an activating group) is 1. The van der Waals surface area contributed by atoms with Crippen molar-refractivity contribution in [2.45, 2.75) is 128 Å². The summed E-state index contributed by atoms with van der Waals surface area (Å²) in [6, 6.07) is -0.176. The minimum Gasteiger partial charge on any atom is -0.458 e. The number of hydrogen-bond acceptors (Lipinski definition) is 14. The zero-order chi connectivity index (χ0) is 47.3. The molecule has 3 rings (SSSR count). The topological polar surface area (TPSA) is 352 Å². The Morgan fingerprint density at radius 1 is 1.00 bits per heavy atom. The third kappa shape index (κ3) is 14.8. The summed E-state index contributed by atoms with van der Waals surface area (Å²) in [6.07, 6.45) is -5.46. The van der Waals surface area contributed by atoms with Gasteiger partial charge in [-0.2, -0.15) is 8.42 Å². The lowest BCUT2D eigenvalue weighted by Crippen LogP contribution is -2.66. The van der Waals surface area contributed by atoms with Crippen molar-refractivity contribution in [2.24, 2.45) is 28.3 Å². The van der Waals surface area contributed by atoms with Crippen LogP contribution in [0.3, 0.4) is 0 Å². The highest BCUT2D eigenvalue weighted by atomic mass is 32.3. The largest absolute Gasteiger partial charge is 0.458 e. The number of cyclic esters (lactones) is 1. The Hall–Kier alpha value is -5.43. The van der Waals surface area contributed by atoms with E-state index in [-0.39, 0.29) is 44.6 Å². The van der Waals surface area contributed by atoms with Crippen LogP contribution in [0, 0.1) is 11.8 Å². The van der Waals surface area contributed by atoms with Crippen molar-refractivity contribution in [1.29, 1.82) is 0 Å². The highest BCUT2D eigenvalue weighted by molar-refractivity contribution is 7.80. The van der Waals surface area contributed by atoms with E-state index in [2.05, 4.69) is 30.4 Å². The van der Waals surface area contributed by atoms with Crippen molar-refractivity contribution in [3.63, 3.8) is 0 Å². The molecule has 2 fully saturated rings. The normalized spacial score (nSPS) is 26.8. The molecule has 2 aliphatic heterocycles. The number of carbonyl (C=O) groups is 7. The molecule has 63 heavy (non-hydrogen) atoms. The molecule has 352 valence electrons. The zero-order valence-electron chi connectivity index (χ0n) is 36.1. The second kappa shape index (κ2) is 23.3. The Kier molecular flexibility index (Phi) is 19.2. The minimum absolute atomic E-state index is 0.0157. The molecule has 0 aromatic heterocycles. The van der Waals surface area contributed by atoms with Gasteiger partial charge in [0.2, 0.25) is 29.5 Å². The van der Waals surface area contributed by atoms with Crippen LogP contribution in [0.2, 0.25) is 0 Å². The second-order valence-corrected chi connectivity index (χ2v) is 17.0. The standard InChI is InChI=1S/C39H61N9O14S/c1-7-21(4)29-38(57)62-22(5)30(46-34(53)27(49)19-61-63(58,59)60)35(54)43-24(14-11-17-42-39(40)41)32(51)44-25-15-16-28(50)48(36(25)55)31(20(2)3)37(56)47(6)26(33(52)45-29)18-23-12-9-8-10-13-23/h8-10,12-13,20-22,24-31,49-50H,7,11,14-19H2,1-6H3,(H,43,54)(H,44,51)(H,45,52)(H,46,53)(H4,40,41,42)(H,58,59,60). The maximum atomic E-state index is 14.6. The first-order valence-electron chi connectivity index (χ1n) is 20.5. The van der Waals surface area contributed by atoms with Crippen molar-refractivity contribution in [3.8, 4) is 0 Å². The van der Waals surface area contributed by atoms with Crippen LogP contribution in [0.5, 0.6) is 0 Å². The van der Waals surface area contributed by atoms with E-state index in [4.69, 9.17) is 20.8 Å². The highest BCUT2D eigenvalue weighted by Gasteiger charge is 2.46. The molecule has 1 aromatic rings. The number of hydrogen-bond donors (Lipinski definition) is 9. The van der Waals surface area contributed by atoms with Crippen LogP contribution in [-0.4, -0.2) is 155 Å². The number of esters is 1. The Labute approximate surface area is 366 Å². The lowest BCUT2D eigenvalue weighted by Gasteiger charge is -2.44. The molecule has 10 atom stereocenters. The number of nitrogens with two attached hydrogens (primary N) is 2. The van der Waals surface area contributed by atoms with Gasteiger partial charge in [0.05, 0.1) is 0 Å². The second-order valence-electron chi connectivity index (χ2n) is 15.9. The molecule has 1 aromatic carbocycles. The van der Waals surface area contributed by atoms with Gasteiger partial charge >= 0.3 is 16.4 Å². The van der Waals surface area contributed by atoms with Gasteiger partial charge in [0.25, 0.3) is 5.91 Å². The van der Waals surface area contributed by atoms with Gasteiger partial charge in [-0.05, 0) is 50.0 Å². The van der Waals surface area contributed by atoms with E-state index < -0.39 is 125 Å². The molecule has 2 aliphatic rings. The third-order valence-corrected chi connectivity index (χ3v) is 11.3. The monoisotopic (exact) mass is 911 g/mol. The molecular formula is C39H61N9O14S. The van der Waals surface area contributed by atoms with Gasteiger partial charge in [-0.15, -0.1) is 0 Å². The average Bonchev–Trinajstić information content (AvgIpc) is 3.21. The van der Waals surface area contributed by atoms with E-state index in [9.17, 15) is 52.2 Å². The fourth-order valence-corrected chi connectivity index (χ4v) is 7.41. The maximum absolute atomic E-state index is 14.6. The van der Waals surface area contributed by atoms with Crippen LogP contribution in [0.15, 0.2) is 35.3 Å². The molecule has 0 aliphatic carbocycles. The fourth-order valence-electron chi connectivity index (χ4n) is 7.11. The van der Waals surface area contributed by atoms with Crippen molar-refractivity contribution in [2.75, 3.05) is 20.2 Å². The fraction of sp³-hybridized carbons (Fsp3) is 0.641. The summed E-state index contributed by atoms with van der Waals surface area (Å²) in [5.74, 6) is -8.48. The molecule has 0 radical (unpaired) electrons. The predicted octanol–water partition coefficient (Wildman–Crippen LogP) is -2.81. The lowest BCUT2D eigenvalue weighted by atomic mass is 9.93.